The van der Waals surface area contributed by atoms with Crippen molar-refractivity contribution in [1.29, 1.82) is 0 Å². The third-order valence-corrected chi connectivity index (χ3v) is 2.67. The molecule has 0 aliphatic rings. The molecule has 0 bridgehead atoms. The molecule has 0 unspecified atom stereocenters. The van der Waals surface area contributed by atoms with E-state index in [4.69, 9.17) is 0 Å². The second kappa shape index (κ2) is 6.30. The monoisotopic (exact) mass is 368 g/mol. The number of hydrogen-bond acceptors (Lipinski definition) is 0. The summed E-state index contributed by atoms with van der Waals surface area (Å²) in [6, 6.07) is 0. The fraction of sp³-hybridized carbons (Fsp3) is 0. The van der Waals surface area contributed by atoms with Crippen LogP contribution in [0.15, 0.2) is 0 Å². The van der Waals surface area contributed by atoms with Crippen molar-refractivity contribution in [2.45, 2.75) is 0 Å². The highest BCUT2D eigenvalue weighted by atomic mass is 32.1. The predicted octanol–water partition coefficient (Wildman–Crippen LogP) is 4.86. The number of rotatable bonds is 1. The van der Waals surface area contributed by atoms with Crippen LogP contribution in [-0.2, 0) is 0 Å². The summed E-state index contributed by atoms with van der Waals surface area (Å²) in [5, 5.41) is 0. The molecule has 2 rings (SSSR count). The molecule has 0 aromatic heterocycles. The van der Waals surface area contributed by atoms with Crippen molar-refractivity contribution in [2.75, 3.05) is 0 Å². The Bertz CT molecular complexity index is 676. The van der Waals surface area contributed by atoms with E-state index in [9.17, 15) is 43.9 Å². The third-order valence-electron chi connectivity index (χ3n) is 2.67. The topological polar surface area (TPSA) is 0 Å². The van der Waals surface area contributed by atoms with Crippen molar-refractivity contribution in [1.82, 2.24) is 0 Å². The van der Waals surface area contributed by atoms with Crippen LogP contribution in [0.4, 0.5) is 43.9 Å². The Labute approximate surface area is 127 Å². The van der Waals surface area contributed by atoms with Crippen LogP contribution in [0.5, 0.6) is 0 Å². The zero-order chi connectivity index (χ0) is 16.9. The van der Waals surface area contributed by atoms with Crippen LogP contribution in [0.3, 0.4) is 0 Å². The van der Waals surface area contributed by atoms with Crippen LogP contribution in [0.1, 0.15) is 0 Å². The van der Waals surface area contributed by atoms with Gasteiger partial charge in [0.1, 0.15) is 0 Å². The van der Waals surface area contributed by atoms with Gasteiger partial charge in [0.05, 0.1) is 11.1 Å². The van der Waals surface area contributed by atoms with E-state index >= 15 is 0 Å². The maximum Gasteiger partial charge on any atom is 0.200 e. The molecule has 23 heavy (non-hydrogen) atoms. The smallest absolute Gasteiger partial charge is 0.200 e. The second-order valence-corrected chi connectivity index (χ2v) is 3.89. The Kier molecular flexibility index (Phi) is 5.24. The van der Waals surface area contributed by atoms with Gasteiger partial charge in [-0.05, 0) is 0 Å². The summed E-state index contributed by atoms with van der Waals surface area (Å²) in [5.74, 6) is -26.6. The molecule has 0 N–H and O–H groups in total. The Balaban J connectivity index is 0.00000264. The largest absolute Gasteiger partial charge is 0.203 e. The lowest BCUT2D eigenvalue weighted by Crippen LogP contribution is -2.10. The molecule has 2 aromatic rings. The first-order valence-electron chi connectivity index (χ1n) is 5.14. The van der Waals surface area contributed by atoms with Gasteiger partial charge in [-0.15, -0.1) is 0 Å². The zero-order valence-corrected chi connectivity index (χ0v) is 11.3. The molecule has 0 saturated carbocycles. The molecule has 0 heterocycles. The Hall–Kier alpha value is -1.91. The average Bonchev–Trinajstić information content (AvgIpc) is 2.50. The molecule has 0 aliphatic heterocycles. The molecule has 11 heteroatoms. The Morgan fingerprint density at radius 2 is 0.391 bits per heavy atom. The fourth-order valence-corrected chi connectivity index (χ4v) is 1.65. The van der Waals surface area contributed by atoms with Gasteiger partial charge in [0.2, 0.25) is 11.6 Å². The van der Waals surface area contributed by atoms with Crippen LogP contribution in [0.25, 0.3) is 11.1 Å². The fourth-order valence-electron chi connectivity index (χ4n) is 1.65. The highest BCUT2D eigenvalue weighted by Gasteiger charge is 2.34. The molecule has 2 aromatic carbocycles. The van der Waals surface area contributed by atoms with Crippen LogP contribution in [0.2, 0.25) is 0 Å². The van der Waals surface area contributed by atoms with Crippen molar-refractivity contribution in [3.8, 4) is 11.1 Å². The van der Waals surface area contributed by atoms with Crippen molar-refractivity contribution in [2.24, 2.45) is 0 Å². The lowest BCUT2D eigenvalue weighted by Gasteiger charge is -2.11. The Morgan fingerprint density at radius 1 is 0.261 bits per heavy atom. The molecule has 0 nitrogen and oxygen atoms in total. The molecule has 0 atom stereocenters. The van der Waals surface area contributed by atoms with E-state index in [1.54, 1.807) is 0 Å². The summed E-state index contributed by atoms with van der Waals surface area (Å²) in [6.07, 6.45) is 0. The molecule has 0 radical (unpaired) electrons. The lowest BCUT2D eigenvalue weighted by atomic mass is 10.0. The molecule has 0 spiro atoms. The predicted molar refractivity (Wildman–Crippen MR) is 61.8 cm³/mol. The van der Waals surface area contributed by atoms with Gasteiger partial charge in [0.25, 0.3) is 0 Å². The summed E-state index contributed by atoms with van der Waals surface area (Å²) < 4.78 is 131. The molecular weight excluding hydrogens is 366 g/mol. The summed E-state index contributed by atoms with van der Waals surface area (Å²) in [7, 11) is 0. The quantitative estimate of drug-likeness (QED) is 0.383. The number of benzene rings is 2. The van der Waals surface area contributed by atoms with Gasteiger partial charge in [0, 0.05) is 0 Å². The maximum absolute atomic E-state index is 13.4. The normalized spacial score (nSPS) is 10.7. The highest BCUT2D eigenvalue weighted by Crippen LogP contribution is 2.37. The molecule has 0 aliphatic carbocycles. The van der Waals surface area contributed by atoms with Crippen LogP contribution in [0, 0.1) is 58.2 Å². The SMILES string of the molecule is Fc1c(F)c(F)c(-c2c(F)c(F)c(F)c(F)c2F)c(F)c1F.S. The van der Waals surface area contributed by atoms with Crippen LogP contribution < -0.4 is 0 Å². The van der Waals surface area contributed by atoms with Gasteiger partial charge in [0.15, 0.2) is 46.5 Å². The first-order chi connectivity index (χ1) is 10.1. The van der Waals surface area contributed by atoms with Crippen molar-refractivity contribution >= 4 is 13.5 Å². The van der Waals surface area contributed by atoms with Gasteiger partial charge >= 0.3 is 0 Å². The van der Waals surface area contributed by atoms with Crippen molar-refractivity contribution < 1.29 is 43.9 Å². The summed E-state index contributed by atoms with van der Waals surface area (Å²) in [6.45, 7) is 0. The Morgan fingerprint density at radius 3 is 0.565 bits per heavy atom. The molecular formula is C12H2F10S. The van der Waals surface area contributed by atoms with Gasteiger partial charge in [-0.2, -0.15) is 13.5 Å². The van der Waals surface area contributed by atoms with Crippen molar-refractivity contribution in [3.63, 3.8) is 0 Å². The van der Waals surface area contributed by atoms with Crippen LogP contribution in [-0.4, -0.2) is 0 Å². The van der Waals surface area contributed by atoms with E-state index in [1.165, 1.54) is 0 Å². The van der Waals surface area contributed by atoms with Gasteiger partial charge in [-0.3, -0.25) is 0 Å². The third kappa shape index (κ3) is 2.62. The van der Waals surface area contributed by atoms with Gasteiger partial charge < -0.3 is 0 Å². The zero-order valence-electron chi connectivity index (χ0n) is 10.3. The number of hydrogen-bond donors (Lipinski definition) is 0. The summed E-state index contributed by atoms with van der Waals surface area (Å²) in [5.41, 5.74) is -4.52. The number of halogens is 10. The highest BCUT2D eigenvalue weighted by molar-refractivity contribution is 7.59. The molecule has 126 valence electrons. The molecule has 0 amide bonds. The lowest BCUT2D eigenvalue weighted by molar-refractivity contribution is 0.370. The average molecular weight is 368 g/mol. The minimum absolute atomic E-state index is 0. The summed E-state index contributed by atoms with van der Waals surface area (Å²) in [4.78, 5) is 0. The van der Waals surface area contributed by atoms with E-state index in [0.717, 1.165) is 0 Å². The minimum atomic E-state index is -2.68. The van der Waals surface area contributed by atoms with E-state index in [0.29, 0.717) is 0 Å². The van der Waals surface area contributed by atoms with E-state index in [2.05, 4.69) is 0 Å². The van der Waals surface area contributed by atoms with E-state index in [1.807, 2.05) is 0 Å². The van der Waals surface area contributed by atoms with Gasteiger partial charge in [-0.25, -0.2) is 43.9 Å². The van der Waals surface area contributed by atoms with Gasteiger partial charge in [-0.1, -0.05) is 0 Å². The van der Waals surface area contributed by atoms with Crippen LogP contribution >= 0.6 is 13.5 Å². The maximum atomic E-state index is 13.4. The second-order valence-electron chi connectivity index (χ2n) is 3.89. The molecule has 0 saturated heterocycles. The summed E-state index contributed by atoms with van der Waals surface area (Å²) >= 11 is 0. The van der Waals surface area contributed by atoms with E-state index in [-0.39, 0.29) is 13.5 Å². The van der Waals surface area contributed by atoms with Crippen molar-refractivity contribution in [3.05, 3.63) is 58.2 Å². The first kappa shape index (κ1) is 19.1. The first-order valence-corrected chi connectivity index (χ1v) is 5.14. The standard InChI is InChI=1S/C12F10.H2S/c13-3-1(4(14)8(18)11(21)7(3)17)2-5(15)9(19)12(22)10(20)6(2)16;/h;1H2. The molecule has 0 fully saturated rings. The minimum Gasteiger partial charge on any atom is -0.203 e. The van der Waals surface area contributed by atoms with E-state index < -0.39 is 69.3 Å².